The Hall–Kier alpha value is -1.54. The molecule has 0 aromatic rings. The summed E-state index contributed by atoms with van der Waals surface area (Å²) in [5.41, 5.74) is 0. The summed E-state index contributed by atoms with van der Waals surface area (Å²) in [6.45, 7) is 4.82. The van der Waals surface area contributed by atoms with E-state index in [2.05, 4.69) is 67.8 Å². The standard InChI is InChI=1S/C66H127N2O6P/c1-6-8-10-12-14-16-18-20-22-24-26-28-30-32-33-34-35-36-38-40-42-44-46-48-50-52-54-56-58-60-66(70)67-64(63-74-75(71,72)73-62-61-68(3,4)5)65(69)59-57-55-53-51-49-47-45-43-41-39-37-31-29-27-25-23-21-19-17-15-13-11-9-7-2/h8,10,14,16,20,22,26,28,64-65,69H,6-7,9,11-13,15,17-19,21,23-25,27,29-63H2,1-5H3,(H-,67,70,71,72)/p+1/b10-8-,16-14-,22-20-,28-26-. The van der Waals surface area contributed by atoms with Crippen LogP contribution in [0.2, 0.25) is 0 Å². The summed E-state index contributed by atoms with van der Waals surface area (Å²) in [6, 6.07) is -0.762. The predicted molar refractivity (Wildman–Crippen MR) is 327 cm³/mol. The first-order valence-electron chi connectivity index (χ1n) is 32.5. The van der Waals surface area contributed by atoms with Gasteiger partial charge in [0.05, 0.1) is 39.9 Å². The summed E-state index contributed by atoms with van der Waals surface area (Å²) in [5.74, 6) is -0.140. The van der Waals surface area contributed by atoms with Gasteiger partial charge in [0.2, 0.25) is 5.91 Å². The molecule has 0 radical (unpaired) electrons. The Bertz CT molecular complexity index is 1360. The van der Waals surface area contributed by atoms with Crippen molar-refractivity contribution in [1.82, 2.24) is 5.32 Å². The second-order valence-electron chi connectivity index (χ2n) is 23.5. The van der Waals surface area contributed by atoms with E-state index in [0.29, 0.717) is 23.9 Å². The smallest absolute Gasteiger partial charge is 0.391 e. The molecule has 0 rings (SSSR count). The van der Waals surface area contributed by atoms with Gasteiger partial charge in [0.25, 0.3) is 0 Å². The fourth-order valence-corrected chi connectivity index (χ4v) is 10.5. The molecule has 442 valence electrons. The Morgan fingerprint density at radius 1 is 0.467 bits per heavy atom. The van der Waals surface area contributed by atoms with Crippen LogP contribution in [0.4, 0.5) is 0 Å². The number of carbonyl (C=O) groups is 1. The molecule has 1 amide bonds. The number of hydrogen-bond acceptors (Lipinski definition) is 5. The Labute approximate surface area is 467 Å². The highest BCUT2D eigenvalue weighted by molar-refractivity contribution is 7.47. The zero-order valence-electron chi connectivity index (χ0n) is 50.6. The number of allylic oxidation sites excluding steroid dienone is 8. The molecule has 0 bridgehead atoms. The van der Waals surface area contributed by atoms with Gasteiger partial charge in [-0.25, -0.2) is 4.57 Å². The largest absolute Gasteiger partial charge is 0.472 e. The molecular weight excluding hydrogens is 948 g/mol. The lowest BCUT2D eigenvalue weighted by Gasteiger charge is -2.26. The van der Waals surface area contributed by atoms with Crippen molar-refractivity contribution < 1.29 is 32.9 Å². The molecule has 0 saturated heterocycles. The fourth-order valence-electron chi connectivity index (χ4n) is 9.81. The number of amides is 1. The second-order valence-corrected chi connectivity index (χ2v) is 24.9. The molecule has 8 nitrogen and oxygen atoms in total. The van der Waals surface area contributed by atoms with Gasteiger partial charge in [0.1, 0.15) is 13.2 Å². The topological polar surface area (TPSA) is 105 Å². The van der Waals surface area contributed by atoms with E-state index in [1.54, 1.807) is 0 Å². The molecule has 0 spiro atoms. The van der Waals surface area contributed by atoms with Crippen LogP contribution in [0.25, 0.3) is 0 Å². The van der Waals surface area contributed by atoms with Crippen LogP contribution in [0.5, 0.6) is 0 Å². The number of nitrogens with zero attached hydrogens (tertiary/aromatic N) is 1. The number of phosphoric acid groups is 1. The number of nitrogens with one attached hydrogen (secondary N) is 1. The van der Waals surface area contributed by atoms with Gasteiger partial charge in [0.15, 0.2) is 0 Å². The summed E-state index contributed by atoms with van der Waals surface area (Å²) in [5, 5.41) is 14.1. The zero-order chi connectivity index (χ0) is 54.9. The molecule has 3 atom stereocenters. The molecule has 0 aliphatic rings. The number of phosphoric ester groups is 1. The number of likely N-dealkylation sites (N-methyl/N-ethyl adjacent to an activating group) is 1. The van der Waals surface area contributed by atoms with Crippen molar-refractivity contribution in [3.63, 3.8) is 0 Å². The minimum absolute atomic E-state index is 0.0754. The molecule has 75 heavy (non-hydrogen) atoms. The fraction of sp³-hybridized carbons (Fsp3) is 0.864. The van der Waals surface area contributed by atoms with E-state index in [1.807, 2.05) is 21.1 Å². The van der Waals surface area contributed by atoms with Crippen molar-refractivity contribution in [3.05, 3.63) is 48.6 Å². The van der Waals surface area contributed by atoms with Gasteiger partial charge in [-0.05, 0) is 51.4 Å². The molecule has 0 aliphatic heterocycles. The summed E-state index contributed by atoms with van der Waals surface area (Å²) < 4.78 is 23.9. The van der Waals surface area contributed by atoms with Crippen molar-refractivity contribution >= 4 is 13.7 Å². The van der Waals surface area contributed by atoms with E-state index in [0.717, 1.165) is 64.2 Å². The maximum atomic E-state index is 13.1. The van der Waals surface area contributed by atoms with E-state index in [-0.39, 0.29) is 19.1 Å². The van der Waals surface area contributed by atoms with Crippen LogP contribution in [-0.4, -0.2) is 73.4 Å². The van der Waals surface area contributed by atoms with Gasteiger partial charge in [-0.3, -0.25) is 13.8 Å². The number of aliphatic hydroxyl groups excluding tert-OH is 1. The molecule has 3 unspecified atom stereocenters. The normalized spacial score (nSPS) is 14.1. The van der Waals surface area contributed by atoms with Crippen molar-refractivity contribution in [2.45, 2.75) is 328 Å². The Morgan fingerprint density at radius 3 is 1.17 bits per heavy atom. The molecule has 9 heteroatoms. The zero-order valence-corrected chi connectivity index (χ0v) is 51.4. The van der Waals surface area contributed by atoms with Crippen LogP contribution in [0, 0.1) is 0 Å². The van der Waals surface area contributed by atoms with E-state index < -0.39 is 20.0 Å². The first-order valence-corrected chi connectivity index (χ1v) is 34.0. The van der Waals surface area contributed by atoms with Gasteiger partial charge < -0.3 is 19.8 Å². The van der Waals surface area contributed by atoms with E-state index >= 15 is 0 Å². The number of quaternary nitrogens is 1. The minimum Gasteiger partial charge on any atom is -0.391 e. The average molecular weight is 1080 g/mol. The average Bonchev–Trinajstić information content (AvgIpc) is 3.37. The third-order valence-corrected chi connectivity index (χ3v) is 15.8. The third-order valence-electron chi connectivity index (χ3n) is 14.8. The van der Waals surface area contributed by atoms with Crippen LogP contribution < -0.4 is 5.32 Å². The van der Waals surface area contributed by atoms with E-state index in [9.17, 15) is 19.4 Å². The quantitative estimate of drug-likeness (QED) is 0.0243. The SMILES string of the molecule is CC/C=C\C/C=C\C/C=C\C/C=C\CCCCCCCCCCCCCCCCCCC(=O)NC(COP(=O)(O)OCC[N+](C)(C)C)C(O)CCCCCCCCCCCCCCCCCCCCCCCCCC. The van der Waals surface area contributed by atoms with E-state index in [4.69, 9.17) is 9.05 Å². The maximum Gasteiger partial charge on any atom is 0.472 e. The number of carbonyl (C=O) groups excluding carboxylic acids is 1. The summed E-state index contributed by atoms with van der Waals surface area (Å²) in [4.78, 5) is 23.4. The summed E-state index contributed by atoms with van der Waals surface area (Å²) in [6.07, 6.45) is 76.2. The molecule has 0 saturated carbocycles. The van der Waals surface area contributed by atoms with Gasteiger partial charge in [0, 0.05) is 6.42 Å². The highest BCUT2D eigenvalue weighted by Gasteiger charge is 2.28. The lowest BCUT2D eigenvalue weighted by molar-refractivity contribution is -0.870. The van der Waals surface area contributed by atoms with E-state index in [1.165, 1.54) is 225 Å². The first kappa shape index (κ1) is 73.5. The number of hydrogen-bond donors (Lipinski definition) is 3. The van der Waals surface area contributed by atoms with Crippen LogP contribution in [-0.2, 0) is 18.4 Å². The van der Waals surface area contributed by atoms with Crippen LogP contribution in [0.3, 0.4) is 0 Å². The minimum atomic E-state index is -4.33. The lowest BCUT2D eigenvalue weighted by Crippen LogP contribution is -2.46. The molecule has 0 aromatic heterocycles. The van der Waals surface area contributed by atoms with Crippen LogP contribution in [0.1, 0.15) is 316 Å². The first-order chi connectivity index (χ1) is 36.5. The van der Waals surface area contributed by atoms with Gasteiger partial charge in [-0.1, -0.05) is 306 Å². The monoisotopic (exact) mass is 1080 g/mol. The molecule has 0 heterocycles. The van der Waals surface area contributed by atoms with Crippen LogP contribution >= 0.6 is 7.82 Å². The van der Waals surface area contributed by atoms with Gasteiger partial charge in [-0.2, -0.15) is 0 Å². The second kappa shape index (κ2) is 57.2. The number of unbranched alkanes of at least 4 members (excludes halogenated alkanes) is 39. The van der Waals surface area contributed by atoms with Crippen molar-refractivity contribution in [2.75, 3.05) is 40.9 Å². The number of rotatable bonds is 60. The van der Waals surface area contributed by atoms with Crippen molar-refractivity contribution in [1.29, 1.82) is 0 Å². The number of aliphatic hydroxyl groups is 1. The van der Waals surface area contributed by atoms with Crippen LogP contribution in [0.15, 0.2) is 48.6 Å². The van der Waals surface area contributed by atoms with Crippen molar-refractivity contribution in [2.24, 2.45) is 0 Å². The third kappa shape index (κ3) is 60.0. The summed E-state index contributed by atoms with van der Waals surface area (Å²) in [7, 11) is 1.63. The highest BCUT2D eigenvalue weighted by Crippen LogP contribution is 2.43. The lowest BCUT2D eigenvalue weighted by atomic mass is 10.0. The highest BCUT2D eigenvalue weighted by atomic mass is 31.2. The molecular formula is C66H128N2O6P+. The van der Waals surface area contributed by atoms with Gasteiger partial charge >= 0.3 is 7.82 Å². The summed E-state index contributed by atoms with van der Waals surface area (Å²) >= 11 is 0. The Morgan fingerprint density at radius 2 is 0.800 bits per heavy atom. The Kier molecular flexibility index (Phi) is 56.0. The van der Waals surface area contributed by atoms with Gasteiger partial charge in [-0.15, -0.1) is 0 Å². The molecule has 0 fully saturated rings. The Balaban J connectivity index is 4.06. The molecule has 0 aromatic carbocycles. The molecule has 0 aliphatic carbocycles. The molecule has 3 N–H and O–H groups in total. The van der Waals surface area contributed by atoms with Crippen molar-refractivity contribution in [3.8, 4) is 0 Å². The predicted octanol–water partition coefficient (Wildman–Crippen LogP) is 20.3. The maximum absolute atomic E-state index is 13.1.